The zero-order valence-corrected chi connectivity index (χ0v) is 12.8. The van der Waals surface area contributed by atoms with E-state index in [4.69, 9.17) is 9.47 Å². The number of nitrogens with zero attached hydrogens (tertiary/aromatic N) is 2. The Labute approximate surface area is 127 Å². The van der Waals surface area contributed by atoms with Gasteiger partial charge in [-0.15, -0.1) is 0 Å². The standard InChI is InChI=1S/C12H14N2O4S2/c1-17-9(15)11(13-7-19)5-3-4-6-12(11,14-8-20)10(16)18-2/h3-6H2,1-2H3/t11-,12+. The summed E-state index contributed by atoms with van der Waals surface area (Å²) in [5.74, 6) is -1.43. The number of methoxy groups -OCH3 is 2. The van der Waals surface area contributed by atoms with Crippen LogP contribution in [0.1, 0.15) is 25.7 Å². The first-order valence-corrected chi connectivity index (χ1v) is 6.71. The number of esters is 2. The van der Waals surface area contributed by atoms with Crippen molar-refractivity contribution >= 4 is 46.7 Å². The molecule has 108 valence electrons. The molecule has 1 fully saturated rings. The lowest BCUT2D eigenvalue weighted by Gasteiger charge is -2.42. The molecule has 0 spiro atoms. The second-order valence-corrected chi connectivity index (χ2v) is 4.68. The van der Waals surface area contributed by atoms with E-state index in [1.807, 2.05) is 0 Å². The van der Waals surface area contributed by atoms with Crippen molar-refractivity contribution < 1.29 is 19.1 Å². The molecule has 8 heteroatoms. The smallest absolute Gasteiger partial charge is 0.337 e. The molecule has 0 unspecified atom stereocenters. The van der Waals surface area contributed by atoms with Gasteiger partial charge < -0.3 is 9.47 Å². The first kappa shape index (κ1) is 16.6. The topological polar surface area (TPSA) is 77.3 Å². The van der Waals surface area contributed by atoms with E-state index in [1.54, 1.807) is 0 Å². The van der Waals surface area contributed by atoms with Crippen LogP contribution in [-0.4, -0.2) is 47.6 Å². The van der Waals surface area contributed by atoms with E-state index in [0.717, 1.165) is 0 Å². The van der Waals surface area contributed by atoms with E-state index in [1.165, 1.54) is 14.2 Å². The van der Waals surface area contributed by atoms with Crippen molar-refractivity contribution in [3.05, 3.63) is 0 Å². The van der Waals surface area contributed by atoms with Crippen LogP contribution in [0.4, 0.5) is 0 Å². The summed E-state index contributed by atoms with van der Waals surface area (Å²) >= 11 is 9.23. The summed E-state index contributed by atoms with van der Waals surface area (Å²) in [4.78, 5) is 32.4. The molecule has 2 atom stereocenters. The third kappa shape index (κ3) is 2.43. The summed E-state index contributed by atoms with van der Waals surface area (Å²) in [5.41, 5.74) is -3.19. The lowest BCUT2D eigenvalue weighted by molar-refractivity contribution is -0.163. The number of carbonyl (C=O) groups excluding carboxylic acids is 2. The van der Waals surface area contributed by atoms with Gasteiger partial charge in [0.05, 0.1) is 24.5 Å². The molecule has 1 rings (SSSR count). The maximum absolute atomic E-state index is 12.3. The van der Waals surface area contributed by atoms with Gasteiger partial charge in [0.1, 0.15) is 0 Å². The van der Waals surface area contributed by atoms with E-state index < -0.39 is 23.0 Å². The van der Waals surface area contributed by atoms with Gasteiger partial charge in [-0.2, -0.15) is 0 Å². The van der Waals surface area contributed by atoms with Gasteiger partial charge in [0.2, 0.25) is 11.1 Å². The fourth-order valence-corrected chi connectivity index (χ4v) is 2.91. The van der Waals surface area contributed by atoms with Gasteiger partial charge in [0.15, 0.2) is 0 Å². The average molecular weight is 314 g/mol. The van der Waals surface area contributed by atoms with Crippen molar-refractivity contribution in [3.63, 3.8) is 0 Å². The number of ether oxygens (including phenoxy) is 2. The SMILES string of the molecule is COC(=O)[C@@]1(N=C=S)CCCC[C@@]1(N=C=S)C(=O)OC. The van der Waals surface area contributed by atoms with Crippen molar-refractivity contribution in [2.75, 3.05) is 14.2 Å². The number of hydrogen-bond acceptors (Lipinski definition) is 8. The summed E-state index contributed by atoms with van der Waals surface area (Å²) in [5, 5.41) is 4.33. The van der Waals surface area contributed by atoms with Gasteiger partial charge in [0.25, 0.3) is 0 Å². The lowest BCUT2D eigenvalue weighted by atomic mass is 9.67. The van der Waals surface area contributed by atoms with Crippen LogP contribution in [-0.2, 0) is 19.1 Å². The first-order chi connectivity index (χ1) is 9.54. The highest BCUT2D eigenvalue weighted by molar-refractivity contribution is 7.78. The zero-order valence-electron chi connectivity index (χ0n) is 11.2. The van der Waals surface area contributed by atoms with Crippen molar-refractivity contribution in [2.24, 2.45) is 9.98 Å². The second-order valence-electron chi connectivity index (χ2n) is 4.32. The van der Waals surface area contributed by atoms with E-state index in [2.05, 4.69) is 44.7 Å². The van der Waals surface area contributed by atoms with Crippen LogP contribution in [0, 0.1) is 0 Å². The normalized spacial score (nSPS) is 28.5. The fourth-order valence-electron chi connectivity index (χ4n) is 2.60. The van der Waals surface area contributed by atoms with Crippen molar-refractivity contribution in [1.82, 2.24) is 0 Å². The van der Waals surface area contributed by atoms with E-state index in [9.17, 15) is 9.59 Å². The highest BCUT2D eigenvalue weighted by atomic mass is 32.1. The Kier molecular flexibility index (Phi) is 5.65. The van der Waals surface area contributed by atoms with Crippen LogP contribution < -0.4 is 0 Å². The molecule has 0 aromatic rings. The lowest BCUT2D eigenvalue weighted by Crippen LogP contribution is -2.63. The molecule has 0 aliphatic heterocycles. The quantitative estimate of drug-likeness (QED) is 0.445. The van der Waals surface area contributed by atoms with E-state index in [-0.39, 0.29) is 12.8 Å². The molecule has 20 heavy (non-hydrogen) atoms. The molecule has 0 radical (unpaired) electrons. The average Bonchev–Trinajstić information content (AvgIpc) is 2.47. The molecule has 0 bridgehead atoms. The van der Waals surface area contributed by atoms with Crippen LogP contribution in [0.15, 0.2) is 9.98 Å². The number of rotatable bonds is 4. The first-order valence-electron chi connectivity index (χ1n) is 5.89. The van der Waals surface area contributed by atoms with Crippen molar-refractivity contribution in [3.8, 4) is 0 Å². The van der Waals surface area contributed by atoms with Crippen LogP contribution in [0.5, 0.6) is 0 Å². The minimum Gasteiger partial charge on any atom is -0.467 e. The van der Waals surface area contributed by atoms with Crippen LogP contribution in [0.2, 0.25) is 0 Å². The Hall–Kier alpha value is -1.46. The van der Waals surface area contributed by atoms with Gasteiger partial charge in [-0.05, 0) is 37.3 Å². The Morgan fingerprint density at radius 1 is 0.950 bits per heavy atom. The summed E-state index contributed by atoms with van der Waals surface area (Å²) in [6, 6.07) is 0. The molecule has 0 heterocycles. The van der Waals surface area contributed by atoms with Crippen molar-refractivity contribution in [1.29, 1.82) is 0 Å². The van der Waals surface area contributed by atoms with Crippen LogP contribution >= 0.6 is 24.4 Å². The summed E-state index contributed by atoms with van der Waals surface area (Å²) in [7, 11) is 2.42. The summed E-state index contributed by atoms with van der Waals surface area (Å²) in [6.45, 7) is 0. The summed E-state index contributed by atoms with van der Waals surface area (Å²) < 4.78 is 9.59. The molecule has 0 N–H and O–H groups in total. The van der Waals surface area contributed by atoms with E-state index >= 15 is 0 Å². The van der Waals surface area contributed by atoms with Gasteiger partial charge in [-0.1, -0.05) is 12.8 Å². The number of thiocarbonyl (C=S) groups is 2. The van der Waals surface area contributed by atoms with Crippen LogP contribution in [0.3, 0.4) is 0 Å². The molecule has 0 aromatic heterocycles. The number of carbonyl (C=O) groups is 2. The zero-order chi connectivity index (χ0) is 15.2. The Morgan fingerprint density at radius 3 is 1.55 bits per heavy atom. The molecular formula is C12H14N2O4S2. The molecular weight excluding hydrogens is 300 g/mol. The molecule has 0 saturated heterocycles. The number of hydrogen-bond donors (Lipinski definition) is 0. The highest BCUT2D eigenvalue weighted by Gasteiger charge is 2.65. The van der Waals surface area contributed by atoms with Crippen LogP contribution in [0.25, 0.3) is 0 Å². The second kappa shape index (κ2) is 6.81. The Balaban J connectivity index is 3.63. The third-order valence-corrected chi connectivity index (χ3v) is 3.71. The van der Waals surface area contributed by atoms with Crippen molar-refractivity contribution in [2.45, 2.75) is 36.8 Å². The molecule has 0 amide bonds. The van der Waals surface area contributed by atoms with E-state index in [0.29, 0.717) is 12.8 Å². The molecule has 1 aliphatic carbocycles. The molecule has 1 aliphatic rings. The molecule has 6 nitrogen and oxygen atoms in total. The predicted molar refractivity (Wildman–Crippen MR) is 78.0 cm³/mol. The number of aliphatic imine (C=N–C) groups is 2. The monoisotopic (exact) mass is 314 g/mol. The Morgan fingerprint density at radius 2 is 1.30 bits per heavy atom. The fraction of sp³-hybridized carbons (Fsp3) is 0.667. The minimum absolute atomic E-state index is 0.249. The largest absolute Gasteiger partial charge is 0.467 e. The molecule has 1 saturated carbocycles. The van der Waals surface area contributed by atoms with Gasteiger partial charge >= 0.3 is 11.9 Å². The summed E-state index contributed by atoms with van der Waals surface area (Å²) in [6.07, 6.45) is 1.83. The maximum Gasteiger partial charge on any atom is 0.337 e. The van der Waals surface area contributed by atoms with Gasteiger partial charge in [-0.3, -0.25) is 0 Å². The van der Waals surface area contributed by atoms with Gasteiger partial charge in [-0.25, -0.2) is 19.6 Å². The maximum atomic E-state index is 12.3. The predicted octanol–water partition coefficient (Wildman–Crippen LogP) is 1.59. The van der Waals surface area contributed by atoms with Gasteiger partial charge in [0, 0.05) is 0 Å². The Bertz CT molecular complexity index is 466. The third-order valence-electron chi connectivity index (χ3n) is 3.53. The molecule has 0 aromatic carbocycles. The highest BCUT2D eigenvalue weighted by Crippen LogP contribution is 2.44. The number of isothiocyanates is 2. The minimum atomic E-state index is -1.60.